The number of ether oxygens (including phenoxy) is 1. The van der Waals surface area contributed by atoms with Gasteiger partial charge in [0.2, 0.25) is 11.8 Å². The minimum atomic E-state index is -0.151. The first-order chi connectivity index (χ1) is 15.9. The number of anilines is 1. The Bertz CT molecular complexity index is 1180. The molecule has 0 N–H and O–H groups in total. The van der Waals surface area contributed by atoms with Crippen LogP contribution in [-0.2, 0) is 16.1 Å². The number of nitrogens with zero attached hydrogens (tertiary/aromatic N) is 4. The third-order valence-electron chi connectivity index (χ3n) is 6.17. The van der Waals surface area contributed by atoms with Crippen LogP contribution in [0.4, 0.5) is 5.69 Å². The molecule has 0 unspecified atom stereocenters. The maximum Gasteiger partial charge on any atom is 0.242 e. The topological polar surface area (TPSA) is 67.7 Å². The van der Waals surface area contributed by atoms with Crippen molar-refractivity contribution in [3.8, 4) is 5.75 Å². The summed E-state index contributed by atoms with van der Waals surface area (Å²) >= 11 is 6.20. The first kappa shape index (κ1) is 23.1. The van der Waals surface area contributed by atoms with Crippen molar-refractivity contribution in [2.45, 2.75) is 38.6 Å². The number of hydrogen-bond donors (Lipinski definition) is 0. The first-order valence-electron chi connectivity index (χ1n) is 11.3. The second-order valence-electron chi connectivity index (χ2n) is 8.44. The summed E-state index contributed by atoms with van der Waals surface area (Å²) in [5.74, 6) is 1.21. The molecule has 0 saturated carbocycles. The molecule has 1 aromatic heterocycles. The largest absolute Gasteiger partial charge is 0.495 e. The molecule has 3 aromatic rings. The Labute approximate surface area is 198 Å². The van der Waals surface area contributed by atoms with Crippen molar-refractivity contribution < 1.29 is 14.3 Å². The first-order valence-corrected chi connectivity index (χ1v) is 11.6. The highest BCUT2D eigenvalue weighted by atomic mass is 35.5. The average Bonchev–Trinajstić information content (AvgIpc) is 3.37. The summed E-state index contributed by atoms with van der Waals surface area (Å²) < 4.78 is 7.43. The van der Waals surface area contributed by atoms with Crippen LogP contribution in [0.15, 0.2) is 42.5 Å². The van der Waals surface area contributed by atoms with Crippen LogP contribution in [-0.4, -0.2) is 53.5 Å². The smallest absolute Gasteiger partial charge is 0.242 e. The van der Waals surface area contributed by atoms with Gasteiger partial charge in [0.05, 0.1) is 23.8 Å². The molecule has 4 rings (SSSR count). The van der Waals surface area contributed by atoms with Crippen LogP contribution in [0.5, 0.6) is 5.75 Å². The van der Waals surface area contributed by atoms with E-state index in [4.69, 9.17) is 21.3 Å². The quantitative estimate of drug-likeness (QED) is 0.489. The van der Waals surface area contributed by atoms with Crippen molar-refractivity contribution in [1.29, 1.82) is 0 Å². The highest BCUT2D eigenvalue weighted by molar-refractivity contribution is 6.31. The zero-order valence-corrected chi connectivity index (χ0v) is 20.0. The van der Waals surface area contributed by atoms with E-state index >= 15 is 0 Å². The fourth-order valence-corrected chi connectivity index (χ4v) is 4.50. The van der Waals surface area contributed by atoms with Crippen LogP contribution in [0.25, 0.3) is 11.0 Å². The Balaban J connectivity index is 1.66. The summed E-state index contributed by atoms with van der Waals surface area (Å²) in [5, 5.41) is 0.537. The zero-order valence-electron chi connectivity index (χ0n) is 19.3. The Kier molecular flexibility index (Phi) is 6.88. The number of carbonyl (C=O) groups is 2. The average molecular weight is 469 g/mol. The summed E-state index contributed by atoms with van der Waals surface area (Å²) in [6.45, 7) is 3.47. The standard InChI is InChI=1S/C25H29ClN4O3/c1-4-5-12-28(2)24(32)16-30-20-9-7-6-8-19(20)27-25(30)17-13-23(31)29(15-17)21-14-18(26)10-11-22(21)33-3/h6-11,14,17H,4-5,12-13,15-16H2,1-3H3/t17-/m1/s1. The van der Waals surface area contributed by atoms with Crippen molar-refractivity contribution >= 4 is 40.1 Å². The summed E-state index contributed by atoms with van der Waals surface area (Å²) in [7, 11) is 3.41. The van der Waals surface area contributed by atoms with Gasteiger partial charge in [-0.15, -0.1) is 0 Å². The fraction of sp³-hybridized carbons (Fsp3) is 0.400. The Morgan fingerprint density at radius 3 is 2.82 bits per heavy atom. The number of aromatic nitrogens is 2. The zero-order chi connectivity index (χ0) is 23.5. The van der Waals surface area contributed by atoms with Crippen LogP contribution < -0.4 is 9.64 Å². The normalized spacial score (nSPS) is 15.9. The molecule has 1 aliphatic heterocycles. The second kappa shape index (κ2) is 9.83. The maximum absolute atomic E-state index is 13.0. The van der Waals surface area contributed by atoms with Crippen molar-refractivity contribution in [2.75, 3.05) is 32.1 Å². The molecule has 1 fully saturated rings. The SMILES string of the molecule is CCCCN(C)C(=O)Cn1c([C@@H]2CC(=O)N(c3cc(Cl)ccc3OC)C2)nc2ccccc21. The molecule has 2 heterocycles. The molecule has 0 bridgehead atoms. The van der Waals surface area contributed by atoms with Gasteiger partial charge < -0.3 is 19.1 Å². The minimum Gasteiger partial charge on any atom is -0.495 e. The van der Waals surface area contributed by atoms with Gasteiger partial charge in [0.25, 0.3) is 0 Å². The van der Waals surface area contributed by atoms with E-state index in [0.29, 0.717) is 29.4 Å². The molecule has 33 heavy (non-hydrogen) atoms. The lowest BCUT2D eigenvalue weighted by atomic mass is 10.1. The number of benzene rings is 2. The van der Waals surface area contributed by atoms with Gasteiger partial charge in [-0.2, -0.15) is 0 Å². The highest BCUT2D eigenvalue weighted by Gasteiger charge is 2.36. The number of fused-ring (bicyclic) bond motifs is 1. The van der Waals surface area contributed by atoms with Crippen LogP contribution >= 0.6 is 11.6 Å². The number of methoxy groups -OCH3 is 1. The summed E-state index contributed by atoms with van der Waals surface area (Å²) in [6, 6.07) is 13.0. The van der Waals surface area contributed by atoms with E-state index in [1.807, 2.05) is 35.9 Å². The van der Waals surface area contributed by atoms with E-state index < -0.39 is 0 Å². The number of imidazole rings is 1. The van der Waals surface area contributed by atoms with E-state index in [-0.39, 0.29) is 24.3 Å². The van der Waals surface area contributed by atoms with E-state index in [1.165, 1.54) is 0 Å². The molecule has 1 saturated heterocycles. The van der Waals surface area contributed by atoms with Gasteiger partial charge >= 0.3 is 0 Å². The number of likely N-dealkylation sites (N-methyl/N-ethyl adjacent to an activating group) is 1. The number of para-hydroxylation sites is 2. The monoisotopic (exact) mass is 468 g/mol. The molecule has 2 aromatic carbocycles. The molecule has 1 atom stereocenters. The van der Waals surface area contributed by atoms with Gasteiger partial charge in [-0.3, -0.25) is 9.59 Å². The van der Waals surface area contributed by atoms with E-state index in [0.717, 1.165) is 36.2 Å². The van der Waals surface area contributed by atoms with Crippen molar-refractivity contribution in [2.24, 2.45) is 0 Å². The van der Waals surface area contributed by atoms with Crippen LogP contribution in [0.1, 0.15) is 37.9 Å². The molecular formula is C25H29ClN4O3. The Morgan fingerprint density at radius 1 is 1.27 bits per heavy atom. The molecule has 2 amide bonds. The molecule has 7 nitrogen and oxygen atoms in total. The number of halogens is 1. The lowest BCUT2D eigenvalue weighted by Gasteiger charge is -2.21. The van der Waals surface area contributed by atoms with Crippen molar-refractivity contribution in [3.63, 3.8) is 0 Å². The van der Waals surface area contributed by atoms with Gasteiger partial charge in [0.15, 0.2) is 0 Å². The predicted molar refractivity (Wildman–Crippen MR) is 130 cm³/mol. The molecule has 0 spiro atoms. The Morgan fingerprint density at radius 2 is 2.06 bits per heavy atom. The fourth-order valence-electron chi connectivity index (χ4n) is 4.34. The minimum absolute atomic E-state index is 0.0226. The third-order valence-corrected chi connectivity index (χ3v) is 6.41. The number of carbonyl (C=O) groups excluding carboxylic acids is 2. The number of amides is 2. The van der Waals surface area contributed by atoms with Crippen molar-refractivity contribution in [3.05, 3.63) is 53.3 Å². The van der Waals surface area contributed by atoms with Gasteiger partial charge in [-0.25, -0.2) is 4.98 Å². The molecular weight excluding hydrogens is 440 g/mol. The molecule has 0 radical (unpaired) electrons. The van der Waals surface area contributed by atoms with E-state index in [9.17, 15) is 9.59 Å². The van der Waals surface area contributed by atoms with Gasteiger partial charge in [0, 0.05) is 37.5 Å². The highest BCUT2D eigenvalue weighted by Crippen LogP contribution is 2.38. The van der Waals surface area contributed by atoms with Crippen molar-refractivity contribution in [1.82, 2.24) is 14.5 Å². The van der Waals surface area contributed by atoms with Gasteiger partial charge in [-0.1, -0.05) is 37.1 Å². The third kappa shape index (κ3) is 4.69. The number of unbranched alkanes of at least 4 members (excludes halogenated alkanes) is 1. The van der Waals surface area contributed by atoms with E-state index in [1.54, 1.807) is 35.1 Å². The van der Waals surface area contributed by atoms with Crippen LogP contribution in [0.2, 0.25) is 5.02 Å². The Hall–Kier alpha value is -3.06. The van der Waals surface area contributed by atoms with Crippen LogP contribution in [0.3, 0.4) is 0 Å². The summed E-state index contributed by atoms with van der Waals surface area (Å²) in [5.41, 5.74) is 2.37. The van der Waals surface area contributed by atoms with E-state index in [2.05, 4.69) is 6.92 Å². The van der Waals surface area contributed by atoms with Gasteiger partial charge in [-0.05, 0) is 36.8 Å². The molecule has 1 aliphatic rings. The maximum atomic E-state index is 13.0. The number of hydrogen-bond acceptors (Lipinski definition) is 4. The lowest BCUT2D eigenvalue weighted by Crippen LogP contribution is -2.32. The summed E-state index contributed by atoms with van der Waals surface area (Å²) in [4.78, 5) is 34.3. The summed E-state index contributed by atoms with van der Waals surface area (Å²) in [6.07, 6.45) is 2.30. The number of rotatable bonds is 8. The predicted octanol–water partition coefficient (Wildman–Crippen LogP) is 4.48. The lowest BCUT2D eigenvalue weighted by molar-refractivity contribution is -0.130. The molecule has 174 valence electrons. The molecule has 8 heteroatoms. The second-order valence-corrected chi connectivity index (χ2v) is 8.87. The molecule has 0 aliphatic carbocycles. The van der Waals surface area contributed by atoms with Crippen LogP contribution in [0, 0.1) is 0 Å². The van der Waals surface area contributed by atoms with Gasteiger partial charge in [0.1, 0.15) is 18.1 Å².